The van der Waals surface area contributed by atoms with Crippen molar-refractivity contribution in [1.82, 2.24) is 4.68 Å². The van der Waals surface area contributed by atoms with Gasteiger partial charge in [-0.2, -0.15) is 28.2 Å². The minimum absolute atomic E-state index is 0.0294. The predicted molar refractivity (Wildman–Crippen MR) is 101 cm³/mol. The first kappa shape index (κ1) is 20.2. The molecule has 0 amide bonds. The van der Waals surface area contributed by atoms with Crippen molar-refractivity contribution in [2.45, 2.75) is 38.8 Å². The largest absolute Gasteiger partial charge is 0.417 e. The molecule has 1 unspecified atom stereocenters. The molecule has 1 atom stereocenters. The van der Waals surface area contributed by atoms with E-state index in [1.807, 2.05) is 6.92 Å². The molecule has 3 rings (SSSR count). The number of nitrogens with zero attached hydrogens (tertiary/aromatic N) is 3. The van der Waals surface area contributed by atoms with Crippen LogP contribution in [-0.4, -0.2) is 10.4 Å². The Hall–Kier alpha value is -2.59. The Morgan fingerprint density at radius 3 is 2.50 bits per heavy atom. The van der Waals surface area contributed by atoms with Crippen molar-refractivity contribution in [2.24, 2.45) is 11.0 Å². The molecule has 1 saturated carbocycles. The van der Waals surface area contributed by atoms with E-state index in [0.717, 1.165) is 35.7 Å². The Bertz CT molecular complexity index is 1020. The molecule has 1 aliphatic carbocycles. The molecular formula is C20H17ClF3N3O. The molecule has 28 heavy (non-hydrogen) atoms. The third-order valence-corrected chi connectivity index (χ3v) is 5.11. The van der Waals surface area contributed by atoms with Gasteiger partial charge >= 0.3 is 6.18 Å². The summed E-state index contributed by atoms with van der Waals surface area (Å²) in [6.07, 6.45) is -1.34. The van der Waals surface area contributed by atoms with Crippen molar-refractivity contribution in [3.8, 4) is 17.3 Å². The lowest BCUT2D eigenvalue weighted by atomic mass is 9.89. The number of aromatic nitrogens is 1. The van der Waals surface area contributed by atoms with Gasteiger partial charge in [0.05, 0.1) is 11.3 Å². The van der Waals surface area contributed by atoms with Gasteiger partial charge in [0.1, 0.15) is 11.6 Å². The molecule has 0 bridgehead atoms. The van der Waals surface area contributed by atoms with Crippen LogP contribution < -0.4 is 5.56 Å². The molecule has 1 aromatic carbocycles. The summed E-state index contributed by atoms with van der Waals surface area (Å²) >= 11 is 5.88. The van der Waals surface area contributed by atoms with Crippen molar-refractivity contribution in [2.75, 3.05) is 0 Å². The highest BCUT2D eigenvalue weighted by Crippen LogP contribution is 2.34. The Morgan fingerprint density at radius 2 is 1.93 bits per heavy atom. The molecule has 1 fully saturated rings. The molecule has 4 nitrogen and oxygen atoms in total. The van der Waals surface area contributed by atoms with E-state index in [1.54, 1.807) is 0 Å². The minimum atomic E-state index is -4.84. The van der Waals surface area contributed by atoms with Crippen LogP contribution in [0.5, 0.6) is 0 Å². The summed E-state index contributed by atoms with van der Waals surface area (Å²) in [6.45, 7) is 1.97. The van der Waals surface area contributed by atoms with Crippen molar-refractivity contribution in [3.63, 3.8) is 0 Å². The number of nitriles is 1. The van der Waals surface area contributed by atoms with Gasteiger partial charge in [-0.05, 0) is 43.4 Å². The Labute approximate surface area is 164 Å². The van der Waals surface area contributed by atoms with Gasteiger partial charge in [-0.15, -0.1) is 0 Å². The highest BCUT2D eigenvalue weighted by molar-refractivity contribution is 6.30. The fourth-order valence-corrected chi connectivity index (χ4v) is 3.43. The number of hydrogen-bond acceptors (Lipinski definition) is 3. The number of pyridine rings is 1. The van der Waals surface area contributed by atoms with Gasteiger partial charge in [-0.3, -0.25) is 4.79 Å². The van der Waals surface area contributed by atoms with Crippen molar-refractivity contribution < 1.29 is 13.2 Å². The lowest BCUT2D eigenvalue weighted by Crippen LogP contribution is -2.28. The minimum Gasteiger partial charge on any atom is -0.266 e. The number of halogens is 4. The van der Waals surface area contributed by atoms with Crippen molar-refractivity contribution >= 4 is 17.3 Å². The highest BCUT2D eigenvalue weighted by atomic mass is 35.5. The SMILES string of the molecule is CC1CCCCC1=Nn1c(-c2ccc(Cl)cc2)cc(C(F)(F)F)c(C#N)c1=O. The molecule has 0 saturated heterocycles. The maximum absolute atomic E-state index is 13.5. The number of hydrogen-bond donors (Lipinski definition) is 0. The third kappa shape index (κ3) is 3.97. The van der Waals surface area contributed by atoms with Gasteiger partial charge in [0.15, 0.2) is 0 Å². The summed E-state index contributed by atoms with van der Waals surface area (Å²) < 4.78 is 41.3. The fourth-order valence-electron chi connectivity index (χ4n) is 3.30. The molecule has 1 aliphatic rings. The van der Waals surface area contributed by atoms with Crippen LogP contribution in [0.3, 0.4) is 0 Å². The lowest BCUT2D eigenvalue weighted by Gasteiger charge is -2.21. The maximum atomic E-state index is 13.5. The molecule has 0 aliphatic heterocycles. The van der Waals surface area contributed by atoms with E-state index in [9.17, 15) is 23.2 Å². The first-order valence-electron chi connectivity index (χ1n) is 8.83. The monoisotopic (exact) mass is 407 g/mol. The predicted octanol–water partition coefficient (Wildman–Crippen LogP) is 5.47. The molecular weight excluding hydrogens is 391 g/mol. The van der Waals surface area contributed by atoms with Crippen LogP contribution in [0.1, 0.15) is 43.7 Å². The fraction of sp³-hybridized carbons (Fsp3) is 0.350. The van der Waals surface area contributed by atoms with E-state index < -0.39 is 22.9 Å². The molecule has 0 radical (unpaired) electrons. The van der Waals surface area contributed by atoms with Crippen LogP contribution in [0.4, 0.5) is 13.2 Å². The summed E-state index contributed by atoms with van der Waals surface area (Å²) in [5.74, 6) is 0.117. The Kier molecular flexibility index (Phi) is 5.61. The molecule has 1 heterocycles. The average Bonchev–Trinajstić information content (AvgIpc) is 2.64. The first-order valence-corrected chi connectivity index (χ1v) is 9.21. The van der Waals surface area contributed by atoms with E-state index in [1.165, 1.54) is 30.3 Å². The van der Waals surface area contributed by atoms with Crippen LogP contribution in [-0.2, 0) is 6.18 Å². The second kappa shape index (κ2) is 7.80. The van der Waals surface area contributed by atoms with E-state index in [4.69, 9.17) is 11.6 Å². The maximum Gasteiger partial charge on any atom is 0.417 e. The third-order valence-electron chi connectivity index (χ3n) is 4.86. The molecule has 0 N–H and O–H groups in total. The van der Waals surface area contributed by atoms with Crippen molar-refractivity contribution in [1.29, 1.82) is 5.26 Å². The van der Waals surface area contributed by atoms with Crippen LogP contribution in [0.2, 0.25) is 5.02 Å². The summed E-state index contributed by atoms with van der Waals surface area (Å²) in [7, 11) is 0. The Morgan fingerprint density at radius 1 is 1.25 bits per heavy atom. The van der Waals surface area contributed by atoms with Gasteiger partial charge in [0, 0.05) is 16.3 Å². The number of benzene rings is 1. The first-order chi connectivity index (χ1) is 13.2. The zero-order valence-electron chi connectivity index (χ0n) is 15.1. The molecule has 0 spiro atoms. The average molecular weight is 408 g/mol. The van der Waals surface area contributed by atoms with Gasteiger partial charge in [-0.1, -0.05) is 37.1 Å². The summed E-state index contributed by atoms with van der Waals surface area (Å²) in [4.78, 5) is 12.8. The highest BCUT2D eigenvalue weighted by Gasteiger charge is 2.36. The van der Waals surface area contributed by atoms with Gasteiger partial charge < -0.3 is 0 Å². The molecule has 146 valence electrons. The summed E-state index contributed by atoms with van der Waals surface area (Å²) in [6, 6.07) is 8.29. The van der Waals surface area contributed by atoms with Gasteiger partial charge in [-0.25, -0.2) is 0 Å². The lowest BCUT2D eigenvalue weighted by molar-refractivity contribution is -0.137. The molecule has 2 aromatic rings. The Balaban J connectivity index is 2.33. The van der Waals surface area contributed by atoms with Crippen LogP contribution in [0, 0.1) is 17.2 Å². The van der Waals surface area contributed by atoms with Gasteiger partial charge in [0.25, 0.3) is 5.56 Å². The second-order valence-corrected chi connectivity index (χ2v) is 7.23. The number of rotatable bonds is 2. The van der Waals surface area contributed by atoms with E-state index >= 15 is 0 Å². The van der Waals surface area contributed by atoms with Crippen molar-refractivity contribution in [3.05, 3.63) is 56.8 Å². The zero-order chi connectivity index (χ0) is 20.5. The van der Waals surface area contributed by atoms with E-state index in [0.29, 0.717) is 17.0 Å². The summed E-state index contributed by atoms with van der Waals surface area (Å²) in [5, 5.41) is 14.0. The molecule has 8 heteroatoms. The summed E-state index contributed by atoms with van der Waals surface area (Å²) in [5.41, 5.74) is -2.24. The molecule has 1 aromatic heterocycles. The van der Waals surface area contributed by atoms with Crippen LogP contribution >= 0.6 is 11.6 Å². The van der Waals surface area contributed by atoms with Crippen LogP contribution in [0.25, 0.3) is 11.3 Å². The smallest absolute Gasteiger partial charge is 0.266 e. The number of alkyl halides is 3. The quantitative estimate of drug-likeness (QED) is 0.662. The normalized spacial score (nSPS) is 18.9. The van der Waals surface area contributed by atoms with Gasteiger partial charge in [0.2, 0.25) is 0 Å². The van der Waals surface area contributed by atoms with E-state index in [-0.39, 0.29) is 11.6 Å². The van der Waals surface area contributed by atoms with Crippen LogP contribution in [0.15, 0.2) is 40.2 Å². The second-order valence-electron chi connectivity index (χ2n) is 6.79. The zero-order valence-corrected chi connectivity index (χ0v) is 15.8. The standard InChI is InChI=1S/C20H17ClF3N3O/c1-12-4-2-3-5-17(12)26-27-18(13-6-8-14(21)9-7-13)10-16(20(22,23)24)15(11-25)19(27)28/h6-10,12H,2-5H2,1H3. The topological polar surface area (TPSA) is 58.1 Å². The van der Waals surface area contributed by atoms with E-state index in [2.05, 4.69) is 5.10 Å².